The number of carboxylic acids is 1. The molecule has 1 aliphatic carbocycles. The molecule has 1 N–H and O–H groups in total. The number of carbonyl (C=O) groups is 1. The fraction of sp³-hybridized carbons (Fsp3) is 0.462. The molecule has 0 amide bonds. The van der Waals surface area contributed by atoms with Gasteiger partial charge in [0.2, 0.25) is 0 Å². The Labute approximate surface area is 105 Å². The monoisotopic (exact) mass is 254 g/mol. The van der Waals surface area contributed by atoms with E-state index in [2.05, 4.69) is 0 Å². The first-order valence-corrected chi connectivity index (χ1v) is 6.13. The summed E-state index contributed by atoms with van der Waals surface area (Å²) in [6.45, 7) is 0.200. The number of carboxylic acid groups (broad SMARTS) is 1. The Kier molecular flexibility index (Phi) is 3.57. The number of halogens is 1. The summed E-state index contributed by atoms with van der Waals surface area (Å²) in [4.78, 5) is 11.3. The molecule has 1 aromatic rings. The number of ether oxygens (including phenoxy) is 1. The average molecular weight is 255 g/mol. The van der Waals surface area contributed by atoms with Crippen molar-refractivity contribution in [3.8, 4) is 5.75 Å². The summed E-state index contributed by atoms with van der Waals surface area (Å²) in [5.74, 6) is -0.205. The predicted octanol–water partition coefficient (Wildman–Crippen LogP) is 3.36. The molecule has 0 aromatic heterocycles. The lowest BCUT2D eigenvalue weighted by Crippen LogP contribution is -2.34. The zero-order valence-electron chi connectivity index (χ0n) is 9.49. The van der Waals surface area contributed by atoms with E-state index in [1.807, 2.05) is 12.1 Å². The van der Waals surface area contributed by atoms with Gasteiger partial charge in [-0.2, -0.15) is 0 Å². The molecule has 0 aliphatic heterocycles. The quantitative estimate of drug-likeness (QED) is 0.896. The summed E-state index contributed by atoms with van der Waals surface area (Å²) < 4.78 is 5.57. The van der Waals surface area contributed by atoms with Gasteiger partial charge < -0.3 is 9.84 Å². The second-order valence-electron chi connectivity index (χ2n) is 4.51. The zero-order valence-corrected chi connectivity index (χ0v) is 10.2. The highest BCUT2D eigenvalue weighted by Gasteiger charge is 2.42. The minimum atomic E-state index is -0.762. The molecule has 17 heavy (non-hydrogen) atoms. The first kappa shape index (κ1) is 12.2. The zero-order chi connectivity index (χ0) is 12.3. The highest BCUT2D eigenvalue weighted by molar-refractivity contribution is 6.32. The third-order valence-electron chi connectivity index (χ3n) is 3.35. The largest absolute Gasteiger partial charge is 0.491 e. The first-order chi connectivity index (χ1) is 8.14. The maximum Gasteiger partial charge on any atom is 0.313 e. The van der Waals surface area contributed by atoms with Crippen molar-refractivity contribution in [3.05, 3.63) is 29.3 Å². The van der Waals surface area contributed by atoms with Gasteiger partial charge in [-0.3, -0.25) is 4.79 Å². The van der Waals surface area contributed by atoms with Crippen LogP contribution in [0.25, 0.3) is 0 Å². The number of hydrogen-bond acceptors (Lipinski definition) is 2. The van der Waals surface area contributed by atoms with E-state index in [9.17, 15) is 9.90 Å². The molecule has 0 heterocycles. The van der Waals surface area contributed by atoms with E-state index in [0.717, 1.165) is 12.8 Å². The maximum atomic E-state index is 11.3. The molecular weight excluding hydrogens is 240 g/mol. The van der Waals surface area contributed by atoms with Crippen molar-refractivity contribution < 1.29 is 14.6 Å². The van der Waals surface area contributed by atoms with E-state index in [1.165, 1.54) is 0 Å². The molecule has 0 saturated heterocycles. The molecule has 92 valence electrons. The van der Waals surface area contributed by atoms with Crippen LogP contribution in [0.5, 0.6) is 5.75 Å². The van der Waals surface area contributed by atoms with Crippen molar-refractivity contribution >= 4 is 17.6 Å². The smallest absolute Gasteiger partial charge is 0.313 e. The second kappa shape index (κ2) is 4.96. The number of rotatable bonds is 4. The summed E-state index contributed by atoms with van der Waals surface area (Å²) in [5, 5.41) is 9.82. The van der Waals surface area contributed by atoms with E-state index >= 15 is 0 Å². The lowest BCUT2D eigenvalue weighted by molar-refractivity contribution is -0.150. The van der Waals surface area contributed by atoms with Crippen LogP contribution in [0.2, 0.25) is 5.02 Å². The second-order valence-corrected chi connectivity index (χ2v) is 4.92. The molecule has 0 unspecified atom stereocenters. The minimum Gasteiger partial charge on any atom is -0.491 e. The Morgan fingerprint density at radius 1 is 1.35 bits per heavy atom. The third-order valence-corrected chi connectivity index (χ3v) is 3.67. The lowest BCUT2D eigenvalue weighted by atomic mass is 9.87. The molecule has 1 fully saturated rings. The van der Waals surface area contributed by atoms with Crippen molar-refractivity contribution in [2.45, 2.75) is 25.7 Å². The van der Waals surface area contributed by atoms with E-state index in [0.29, 0.717) is 23.6 Å². The highest BCUT2D eigenvalue weighted by Crippen LogP contribution is 2.39. The van der Waals surface area contributed by atoms with Crippen LogP contribution in [0.4, 0.5) is 0 Å². The van der Waals surface area contributed by atoms with Crippen LogP contribution in [0, 0.1) is 5.41 Å². The summed E-state index contributed by atoms with van der Waals surface area (Å²) >= 11 is 5.96. The summed E-state index contributed by atoms with van der Waals surface area (Å²) in [6, 6.07) is 7.13. The predicted molar refractivity (Wildman–Crippen MR) is 65.5 cm³/mol. The highest BCUT2D eigenvalue weighted by atomic mass is 35.5. The van der Waals surface area contributed by atoms with Crippen molar-refractivity contribution in [3.63, 3.8) is 0 Å². The van der Waals surface area contributed by atoms with Gasteiger partial charge in [-0.05, 0) is 25.0 Å². The van der Waals surface area contributed by atoms with Crippen LogP contribution in [-0.2, 0) is 4.79 Å². The Balaban J connectivity index is 2.06. The molecule has 3 nitrogen and oxygen atoms in total. The minimum absolute atomic E-state index is 0.200. The Bertz CT molecular complexity index is 411. The van der Waals surface area contributed by atoms with Crippen LogP contribution in [0.3, 0.4) is 0 Å². The number of aliphatic carboxylic acids is 1. The van der Waals surface area contributed by atoms with Crippen LogP contribution >= 0.6 is 11.6 Å². The Hall–Kier alpha value is -1.22. The van der Waals surface area contributed by atoms with E-state index in [-0.39, 0.29) is 6.61 Å². The van der Waals surface area contributed by atoms with Crippen molar-refractivity contribution in [2.24, 2.45) is 5.41 Å². The number of para-hydroxylation sites is 1. The van der Waals surface area contributed by atoms with E-state index < -0.39 is 11.4 Å². The van der Waals surface area contributed by atoms with Crippen molar-refractivity contribution in [2.75, 3.05) is 6.61 Å². The summed E-state index contributed by atoms with van der Waals surface area (Å²) in [7, 11) is 0. The van der Waals surface area contributed by atoms with Gasteiger partial charge in [0.15, 0.2) is 0 Å². The van der Waals surface area contributed by atoms with Gasteiger partial charge in [-0.1, -0.05) is 36.6 Å². The van der Waals surface area contributed by atoms with Crippen LogP contribution in [-0.4, -0.2) is 17.7 Å². The molecule has 1 aromatic carbocycles. The van der Waals surface area contributed by atoms with Crippen molar-refractivity contribution in [1.29, 1.82) is 0 Å². The molecule has 0 radical (unpaired) electrons. The van der Waals surface area contributed by atoms with Crippen LogP contribution in [0.15, 0.2) is 24.3 Å². The molecule has 2 rings (SSSR count). The molecule has 0 atom stereocenters. The third kappa shape index (κ3) is 2.55. The van der Waals surface area contributed by atoms with Crippen LogP contribution < -0.4 is 4.74 Å². The number of hydrogen-bond donors (Lipinski definition) is 1. The van der Waals surface area contributed by atoms with E-state index in [4.69, 9.17) is 16.3 Å². The fourth-order valence-electron chi connectivity index (χ4n) is 2.25. The van der Waals surface area contributed by atoms with E-state index in [1.54, 1.807) is 12.1 Å². The van der Waals surface area contributed by atoms with Gasteiger partial charge in [0.1, 0.15) is 17.8 Å². The SMILES string of the molecule is O=C(O)C1(COc2ccccc2Cl)CCCC1. The topological polar surface area (TPSA) is 46.5 Å². The fourth-order valence-corrected chi connectivity index (χ4v) is 2.44. The van der Waals surface area contributed by atoms with Gasteiger partial charge in [0.25, 0.3) is 0 Å². The van der Waals surface area contributed by atoms with Crippen molar-refractivity contribution in [1.82, 2.24) is 0 Å². The summed E-state index contributed by atoms with van der Waals surface area (Å²) in [5.41, 5.74) is -0.723. The molecule has 0 spiro atoms. The molecular formula is C13H15ClO3. The van der Waals surface area contributed by atoms with Crippen LogP contribution in [0.1, 0.15) is 25.7 Å². The van der Waals surface area contributed by atoms with Gasteiger partial charge in [0.05, 0.1) is 5.02 Å². The summed E-state index contributed by atoms with van der Waals surface area (Å²) in [6.07, 6.45) is 3.29. The Morgan fingerprint density at radius 2 is 2.00 bits per heavy atom. The molecule has 1 saturated carbocycles. The standard InChI is InChI=1S/C13H15ClO3/c14-10-5-1-2-6-11(10)17-9-13(12(15)16)7-3-4-8-13/h1-2,5-6H,3-4,7-9H2,(H,15,16). The average Bonchev–Trinajstić information content (AvgIpc) is 2.78. The molecule has 1 aliphatic rings. The first-order valence-electron chi connectivity index (χ1n) is 5.75. The molecule has 0 bridgehead atoms. The molecule has 4 heteroatoms. The van der Waals surface area contributed by atoms with Gasteiger partial charge >= 0.3 is 5.97 Å². The van der Waals surface area contributed by atoms with Gasteiger partial charge in [-0.25, -0.2) is 0 Å². The number of benzene rings is 1. The normalized spacial score (nSPS) is 17.9. The maximum absolute atomic E-state index is 11.3. The lowest BCUT2D eigenvalue weighted by Gasteiger charge is -2.24. The van der Waals surface area contributed by atoms with Gasteiger partial charge in [-0.15, -0.1) is 0 Å². The Morgan fingerprint density at radius 3 is 2.59 bits per heavy atom. The van der Waals surface area contributed by atoms with Gasteiger partial charge in [0, 0.05) is 0 Å².